The molecule has 2 aromatic rings. The Morgan fingerprint density at radius 3 is 2.29 bits per heavy atom. The molecule has 0 saturated heterocycles. The fourth-order valence-corrected chi connectivity index (χ4v) is 5.39. The van der Waals surface area contributed by atoms with Crippen molar-refractivity contribution >= 4 is 21.6 Å². The van der Waals surface area contributed by atoms with Crippen molar-refractivity contribution < 1.29 is 17.9 Å². The molecule has 1 amide bonds. The van der Waals surface area contributed by atoms with Crippen LogP contribution in [0.1, 0.15) is 36.0 Å². The molecule has 0 heterocycles. The lowest BCUT2D eigenvalue weighted by Crippen LogP contribution is -2.38. The number of carbonyl (C=O) groups excluding carboxylic acids is 1. The first-order valence-corrected chi connectivity index (χ1v) is 11.0. The van der Waals surface area contributed by atoms with Crippen LogP contribution in [0.2, 0.25) is 0 Å². The SMILES string of the molecule is COc1ccc(S(=O)(=O)Nc2ccc(C(=O)N[C@H]3C[C@H]4CC[C@@H]3C4)cc2)cc1. The molecule has 2 N–H and O–H groups in total. The lowest BCUT2D eigenvalue weighted by atomic mass is 9.95. The van der Waals surface area contributed by atoms with Gasteiger partial charge in [-0.25, -0.2) is 8.42 Å². The maximum absolute atomic E-state index is 12.5. The van der Waals surface area contributed by atoms with E-state index in [0.717, 1.165) is 12.3 Å². The molecule has 0 spiro atoms. The van der Waals surface area contributed by atoms with Crippen LogP contribution >= 0.6 is 0 Å². The summed E-state index contributed by atoms with van der Waals surface area (Å²) in [6.07, 6.45) is 4.81. The number of hydrogen-bond donors (Lipinski definition) is 2. The highest BCUT2D eigenvalue weighted by molar-refractivity contribution is 7.92. The third-order valence-electron chi connectivity index (χ3n) is 5.82. The largest absolute Gasteiger partial charge is 0.497 e. The zero-order valence-electron chi connectivity index (χ0n) is 15.7. The van der Waals surface area contributed by atoms with Gasteiger partial charge in [0.05, 0.1) is 12.0 Å². The number of hydrogen-bond acceptors (Lipinski definition) is 4. The van der Waals surface area contributed by atoms with E-state index in [0.29, 0.717) is 22.9 Å². The Balaban J connectivity index is 1.40. The second-order valence-electron chi connectivity index (χ2n) is 7.61. The molecule has 0 unspecified atom stereocenters. The Bertz CT molecular complexity index is 955. The number of carbonyl (C=O) groups is 1. The van der Waals surface area contributed by atoms with E-state index in [1.165, 1.54) is 38.5 Å². The fraction of sp³-hybridized carbons (Fsp3) is 0.381. The highest BCUT2D eigenvalue weighted by Crippen LogP contribution is 2.44. The molecule has 4 rings (SSSR count). The average molecular weight is 401 g/mol. The van der Waals surface area contributed by atoms with E-state index in [2.05, 4.69) is 10.0 Å². The summed E-state index contributed by atoms with van der Waals surface area (Å²) < 4.78 is 32.6. The smallest absolute Gasteiger partial charge is 0.261 e. The van der Waals surface area contributed by atoms with E-state index in [-0.39, 0.29) is 16.8 Å². The van der Waals surface area contributed by atoms with Crippen LogP contribution in [-0.4, -0.2) is 27.5 Å². The number of amides is 1. The number of sulfonamides is 1. The van der Waals surface area contributed by atoms with E-state index in [1.807, 2.05) is 0 Å². The Morgan fingerprint density at radius 1 is 1.00 bits per heavy atom. The average Bonchev–Trinajstić information content (AvgIpc) is 3.31. The lowest BCUT2D eigenvalue weighted by molar-refractivity contribution is 0.0923. The zero-order chi connectivity index (χ0) is 19.7. The summed E-state index contributed by atoms with van der Waals surface area (Å²) >= 11 is 0. The first-order chi connectivity index (χ1) is 13.4. The predicted octanol–water partition coefficient (Wildman–Crippen LogP) is 3.41. The van der Waals surface area contributed by atoms with Gasteiger partial charge in [0, 0.05) is 17.3 Å². The van der Waals surface area contributed by atoms with Crippen LogP contribution in [-0.2, 0) is 10.0 Å². The Labute approximate surface area is 165 Å². The van der Waals surface area contributed by atoms with Gasteiger partial charge in [0.2, 0.25) is 0 Å². The van der Waals surface area contributed by atoms with Crippen LogP contribution in [0.5, 0.6) is 5.75 Å². The topological polar surface area (TPSA) is 84.5 Å². The number of anilines is 1. The van der Waals surface area contributed by atoms with Gasteiger partial charge in [-0.05, 0) is 79.6 Å². The normalized spacial score (nSPS) is 23.4. The summed E-state index contributed by atoms with van der Waals surface area (Å²) in [6.45, 7) is 0. The lowest BCUT2D eigenvalue weighted by Gasteiger charge is -2.22. The quantitative estimate of drug-likeness (QED) is 0.778. The number of nitrogens with one attached hydrogen (secondary N) is 2. The highest BCUT2D eigenvalue weighted by atomic mass is 32.2. The van der Waals surface area contributed by atoms with Crippen LogP contribution in [0.3, 0.4) is 0 Å². The van der Waals surface area contributed by atoms with E-state index in [1.54, 1.807) is 36.4 Å². The van der Waals surface area contributed by atoms with Gasteiger partial charge in [-0.15, -0.1) is 0 Å². The van der Waals surface area contributed by atoms with Crippen molar-refractivity contribution in [1.82, 2.24) is 5.32 Å². The van der Waals surface area contributed by atoms with Gasteiger partial charge in [0.25, 0.3) is 15.9 Å². The highest BCUT2D eigenvalue weighted by Gasteiger charge is 2.40. The predicted molar refractivity (Wildman–Crippen MR) is 107 cm³/mol. The van der Waals surface area contributed by atoms with Crippen molar-refractivity contribution in [3.05, 3.63) is 54.1 Å². The summed E-state index contributed by atoms with van der Waals surface area (Å²) in [6, 6.07) is 12.9. The summed E-state index contributed by atoms with van der Waals surface area (Å²) in [5, 5.41) is 3.14. The van der Waals surface area contributed by atoms with E-state index in [4.69, 9.17) is 4.74 Å². The molecule has 148 valence electrons. The molecule has 2 aromatic carbocycles. The molecule has 7 heteroatoms. The molecule has 6 nitrogen and oxygen atoms in total. The summed E-state index contributed by atoms with van der Waals surface area (Å²) in [5.74, 6) is 1.88. The zero-order valence-corrected chi connectivity index (χ0v) is 16.5. The Morgan fingerprint density at radius 2 is 1.71 bits per heavy atom. The van der Waals surface area contributed by atoms with E-state index < -0.39 is 10.0 Å². The summed E-state index contributed by atoms with van der Waals surface area (Å²) in [4.78, 5) is 12.6. The van der Waals surface area contributed by atoms with Crippen molar-refractivity contribution in [2.75, 3.05) is 11.8 Å². The minimum atomic E-state index is -3.70. The summed E-state index contributed by atoms with van der Waals surface area (Å²) in [5.41, 5.74) is 0.947. The third kappa shape index (κ3) is 3.85. The molecule has 2 bridgehead atoms. The van der Waals surface area contributed by atoms with Crippen LogP contribution in [0, 0.1) is 11.8 Å². The van der Waals surface area contributed by atoms with Gasteiger partial charge in [0.15, 0.2) is 0 Å². The van der Waals surface area contributed by atoms with Crippen molar-refractivity contribution in [2.45, 2.75) is 36.6 Å². The van der Waals surface area contributed by atoms with Crippen molar-refractivity contribution in [3.63, 3.8) is 0 Å². The molecule has 2 aliphatic rings. The van der Waals surface area contributed by atoms with Crippen LogP contribution < -0.4 is 14.8 Å². The molecular weight excluding hydrogens is 376 g/mol. The molecule has 3 atom stereocenters. The first-order valence-electron chi connectivity index (χ1n) is 9.52. The van der Waals surface area contributed by atoms with E-state index in [9.17, 15) is 13.2 Å². The number of ether oxygens (including phenoxy) is 1. The third-order valence-corrected chi connectivity index (χ3v) is 7.22. The van der Waals surface area contributed by atoms with Gasteiger partial charge in [-0.1, -0.05) is 6.42 Å². The second-order valence-corrected chi connectivity index (χ2v) is 9.30. The number of fused-ring (bicyclic) bond motifs is 2. The van der Waals surface area contributed by atoms with E-state index >= 15 is 0 Å². The maximum Gasteiger partial charge on any atom is 0.261 e. The van der Waals surface area contributed by atoms with Gasteiger partial charge in [-0.2, -0.15) is 0 Å². The molecule has 0 aliphatic heterocycles. The monoisotopic (exact) mass is 400 g/mol. The fourth-order valence-electron chi connectivity index (χ4n) is 4.33. The molecule has 2 aliphatic carbocycles. The molecule has 0 radical (unpaired) electrons. The molecule has 2 fully saturated rings. The second kappa shape index (κ2) is 7.47. The Kier molecular flexibility index (Phi) is 5.02. The molecule has 2 saturated carbocycles. The molecule has 28 heavy (non-hydrogen) atoms. The number of benzene rings is 2. The van der Waals surface area contributed by atoms with Gasteiger partial charge in [-0.3, -0.25) is 9.52 Å². The van der Waals surface area contributed by atoms with Gasteiger partial charge < -0.3 is 10.1 Å². The van der Waals surface area contributed by atoms with Crippen molar-refractivity contribution in [2.24, 2.45) is 11.8 Å². The van der Waals surface area contributed by atoms with Crippen molar-refractivity contribution in [1.29, 1.82) is 0 Å². The maximum atomic E-state index is 12.5. The number of methoxy groups -OCH3 is 1. The first kappa shape index (κ1) is 18.8. The van der Waals surface area contributed by atoms with Crippen LogP contribution in [0.4, 0.5) is 5.69 Å². The van der Waals surface area contributed by atoms with Crippen LogP contribution in [0.15, 0.2) is 53.4 Å². The minimum Gasteiger partial charge on any atom is -0.497 e. The number of rotatable bonds is 6. The summed E-state index contributed by atoms with van der Waals surface area (Å²) in [7, 11) is -2.18. The minimum absolute atomic E-state index is 0.0953. The van der Waals surface area contributed by atoms with Crippen molar-refractivity contribution in [3.8, 4) is 5.75 Å². The van der Waals surface area contributed by atoms with Gasteiger partial charge >= 0.3 is 0 Å². The molecular formula is C21H24N2O4S. The standard InChI is InChI=1S/C21H24N2O4S/c1-27-18-8-10-19(11-9-18)28(25,26)23-17-6-4-15(5-7-17)21(24)22-20-13-14-2-3-16(20)12-14/h4-11,14,16,20,23H,2-3,12-13H2,1H3,(H,22,24)/t14-,16+,20-/m0/s1. The van der Waals surface area contributed by atoms with Crippen LogP contribution in [0.25, 0.3) is 0 Å². The molecule has 0 aromatic heterocycles. The Hall–Kier alpha value is -2.54. The van der Waals surface area contributed by atoms with Gasteiger partial charge in [0.1, 0.15) is 5.75 Å².